The summed E-state index contributed by atoms with van der Waals surface area (Å²) >= 11 is 6.20. The van der Waals surface area contributed by atoms with Crippen molar-refractivity contribution in [1.29, 1.82) is 0 Å². The summed E-state index contributed by atoms with van der Waals surface area (Å²) in [4.78, 5) is 12.7. The van der Waals surface area contributed by atoms with Gasteiger partial charge in [-0.2, -0.15) is 0 Å². The Balaban J connectivity index is 1.84. The molecule has 3 aromatic rings. The zero-order chi connectivity index (χ0) is 23.3. The van der Waals surface area contributed by atoms with Gasteiger partial charge in [0.25, 0.3) is 15.9 Å². The van der Waals surface area contributed by atoms with Crippen LogP contribution in [-0.4, -0.2) is 35.6 Å². The first-order valence-corrected chi connectivity index (χ1v) is 11.4. The maximum atomic E-state index is 13.1. The van der Waals surface area contributed by atoms with Gasteiger partial charge in [0.15, 0.2) is 0 Å². The lowest BCUT2D eigenvalue weighted by atomic mass is 10.1. The Bertz CT molecular complexity index is 1210. The number of para-hydroxylation sites is 1. The van der Waals surface area contributed by atoms with Crippen molar-refractivity contribution in [3.63, 3.8) is 0 Å². The van der Waals surface area contributed by atoms with E-state index in [-0.39, 0.29) is 22.0 Å². The van der Waals surface area contributed by atoms with E-state index < -0.39 is 15.9 Å². The molecule has 0 aliphatic rings. The lowest BCUT2D eigenvalue weighted by molar-refractivity contribution is 0.0950. The molecule has 0 heterocycles. The number of rotatable bonds is 8. The number of anilines is 1. The molecule has 0 bridgehead atoms. The van der Waals surface area contributed by atoms with Crippen LogP contribution < -0.4 is 19.1 Å². The molecule has 0 aromatic heterocycles. The van der Waals surface area contributed by atoms with E-state index in [0.29, 0.717) is 17.2 Å². The molecule has 0 unspecified atom stereocenters. The van der Waals surface area contributed by atoms with Gasteiger partial charge in [-0.1, -0.05) is 29.8 Å². The zero-order valence-corrected chi connectivity index (χ0v) is 19.4. The predicted molar refractivity (Wildman–Crippen MR) is 124 cm³/mol. The molecule has 1 amide bonds. The minimum absolute atomic E-state index is 0.0531. The summed E-state index contributed by atoms with van der Waals surface area (Å²) in [7, 11) is 0.588. The first-order valence-electron chi connectivity index (χ1n) is 9.60. The summed E-state index contributed by atoms with van der Waals surface area (Å²) in [6.45, 7) is 0.196. The van der Waals surface area contributed by atoms with E-state index >= 15 is 0 Å². The SMILES string of the molecule is COc1ccc(N(C)S(=O)(=O)c2ccc(Cl)c(C(=O)NCc3ccccc3OC)c2)cc1. The van der Waals surface area contributed by atoms with Crippen LogP contribution in [0.2, 0.25) is 5.02 Å². The van der Waals surface area contributed by atoms with Crippen LogP contribution in [0.1, 0.15) is 15.9 Å². The van der Waals surface area contributed by atoms with Gasteiger partial charge in [-0.3, -0.25) is 9.10 Å². The molecule has 32 heavy (non-hydrogen) atoms. The number of hydrogen-bond donors (Lipinski definition) is 1. The fourth-order valence-corrected chi connectivity index (χ4v) is 4.47. The number of carbonyl (C=O) groups excluding carboxylic acids is 1. The maximum Gasteiger partial charge on any atom is 0.264 e. The van der Waals surface area contributed by atoms with Crippen molar-refractivity contribution < 1.29 is 22.7 Å². The second-order valence-electron chi connectivity index (χ2n) is 6.81. The average molecular weight is 475 g/mol. The van der Waals surface area contributed by atoms with Gasteiger partial charge in [-0.15, -0.1) is 0 Å². The van der Waals surface area contributed by atoms with Crippen molar-refractivity contribution in [3.8, 4) is 11.5 Å². The molecule has 9 heteroatoms. The van der Waals surface area contributed by atoms with Gasteiger partial charge in [-0.25, -0.2) is 8.42 Å². The second-order valence-corrected chi connectivity index (χ2v) is 9.18. The molecule has 3 aromatic carbocycles. The minimum Gasteiger partial charge on any atom is -0.497 e. The molecule has 0 radical (unpaired) electrons. The Morgan fingerprint density at radius 2 is 1.69 bits per heavy atom. The molecule has 0 atom stereocenters. The number of halogens is 1. The van der Waals surface area contributed by atoms with Crippen LogP contribution in [0.4, 0.5) is 5.69 Å². The van der Waals surface area contributed by atoms with Crippen molar-refractivity contribution in [2.45, 2.75) is 11.4 Å². The summed E-state index contributed by atoms with van der Waals surface area (Å²) in [6.07, 6.45) is 0. The molecular weight excluding hydrogens is 452 g/mol. The van der Waals surface area contributed by atoms with Crippen molar-refractivity contribution in [3.05, 3.63) is 82.9 Å². The Kier molecular flexibility index (Phi) is 7.27. The molecule has 168 valence electrons. The number of amides is 1. The van der Waals surface area contributed by atoms with Gasteiger partial charge >= 0.3 is 0 Å². The second kappa shape index (κ2) is 9.93. The zero-order valence-electron chi connectivity index (χ0n) is 17.8. The van der Waals surface area contributed by atoms with E-state index in [1.165, 1.54) is 32.4 Å². The van der Waals surface area contributed by atoms with E-state index in [1.807, 2.05) is 18.2 Å². The third kappa shape index (κ3) is 4.98. The molecule has 0 aliphatic heterocycles. The van der Waals surface area contributed by atoms with Gasteiger partial charge in [0.05, 0.1) is 35.4 Å². The van der Waals surface area contributed by atoms with Crippen LogP contribution in [0.25, 0.3) is 0 Å². The first kappa shape index (κ1) is 23.4. The number of ether oxygens (including phenoxy) is 2. The van der Waals surface area contributed by atoms with Crippen LogP contribution in [0, 0.1) is 0 Å². The third-order valence-electron chi connectivity index (χ3n) is 4.91. The molecule has 0 fully saturated rings. The van der Waals surface area contributed by atoms with Crippen LogP contribution in [0.3, 0.4) is 0 Å². The molecule has 0 saturated heterocycles. The monoisotopic (exact) mass is 474 g/mol. The van der Waals surface area contributed by atoms with Crippen LogP contribution in [-0.2, 0) is 16.6 Å². The smallest absolute Gasteiger partial charge is 0.264 e. The predicted octanol–water partition coefficient (Wildman–Crippen LogP) is 4.11. The molecular formula is C23H23ClN2O5S. The van der Waals surface area contributed by atoms with Crippen molar-refractivity contribution in [2.75, 3.05) is 25.6 Å². The number of carbonyl (C=O) groups is 1. The summed E-state index contributed by atoms with van der Waals surface area (Å²) in [5.41, 5.74) is 1.29. The Labute approximate surface area is 192 Å². The lowest BCUT2D eigenvalue weighted by Gasteiger charge is -2.20. The lowest BCUT2D eigenvalue weighted by Crippen LogP contribution is -2.27. The molecule has 0 aliphatic carbocycles. The number of hydrogen-bond acceptors (Lipinski definition) is 5. The molecule has 0 spiro atoms. The van der Waals surface area contributed by atoms with E-state index in [9.17, 15) is 13.2 Å². The molecule has 1 N–H and O–H groups in total. The quantitative estimate of drug-likeness (QED) is 0.531. The van der Waals surface area contributed by atoms with E-state index in [0.717, 1.165) is 9.87 Å². The average Bonchev–Trinajstić information content (AvgIpc) is 2.82. The Morgan fingerprint density at radius 1 is 1.00 bits per heavy atom. The largest absolute Gasteiger partial charge is 0.497 e. The van der Waals surface area contributed by atoms with Crippen LogP contribution in [0.15, 0.2) is 71.6 Å². The summed E-state index contributed by atoms with van der Waals surface area (Å²) in [5, 5.41) is 2.90. The first-order chi connectivity index (χ1) is 15.3. The standard InChI is InChI=1S/C23H23ClN2O5S/c1-26(17-8-10-18(30-2)11-9-17)32(28,29)19-12-13-21(24)20(14-19)23(27)25-15-16-6-4-5-7-22(16)31-3/h4-14H,15H2,1-3H3,(H,25,27). The van der Waals surface area contributed by atoms with Crippen molar-refractivity contribution in [1.82, 2.24) is 5.32 Å². The van der Waals surface area contributed by atoms with Crippen LogP contribution >= 0.6 is 11.6 Å². The molecule has 3 rings (SSSR count). The third-order valence-corrected chi connectivity index (χ3v) is 7.02. The number of methoxy groups -OCH3 is 2. The Hall–Kier alpha value is -3.23. The number of sulfonamides is 1. The fraction of sp³-hybridized carbons (Fsp3) is 0.174. The van der Waals surface area contributed by atoms with E-state index in [2.05, 4.69) is 5.32 Å². The molecule has 0 saturated carbocycles. The normalized spacial score (nSPS) is 11.0. The number of nitrogens with one attached hydrogen (secondary N) is 1. The van der Waals surface area contributed by atoms with E-state index in [1.54, 1.807) is 37.4 Å². The van der Waals surface area contributed by atoms with Gasteiger partial charge < -0.3 is 14.8 Å². The highest BCUT2D eigenvalue weighted by molar-refractivity contribution is 7.92. The van der Waals surface area contributed by atoms with Gasteiger partial charge in [0, 0.05) is 19.2 Å². The minimum atomic E-state index is -3.93. The van der Waals surface area contributed by atoms with Crippen molar-refractivity contribution in [2.24, 2.45) is 0 Å². The fourth-order valence-electron chi connectivity index (χ4n) is 3.05. The highest BCUT2D eigenvalue weighted by Gasteiger charge is 2.24. The summed E-state index contributed by atoms with van der Waals surface area (Å²) in [5.74, 6) is 0.751. The highest BCUT2D eigenvalue weighted by atomic mass is 35.5. The number of benzene rings is 3. The van der Waals surface area contributed by atoms with Crippen LogP contribution in [0.5, 0.6) is 11.5 Å². The van der Waals surface area contributed by atoms with Gasteiger partial charge in [0.1, 0.15) is 11.5 Å². The Morgan fingerprint density at radius 3 is 2.34 bits per heavy atom. The molecule has 7 nitrogen and oxygen atoms in total. The maximum absolute atomic E-state index is 13.1. The van der Waals surface area contributed by atoms with E-state index in [4.69, 9.17) is 21.1 Å². The van der Waals surface area contributed by atoms with Crippen molar-refractivity contribution >= 4 is 33.2 Å². The van der Waals surface area contributed by atoms with Gasteiger partial charge in [0.2, 0.25) is 0 Å². The summed E-state index contributed by atoms with van der Waals surface area (Å²) in [6, 6.07) is 17.9. The number of nitrogens with zero attached hydrogens (tertiary/aromatic N) is 1. The van der Waals surface area contributed by atoms with Gasteiger partial charge in [-0.05, 0) is 48.5 Å². The summed E-state index contributed by atoms with van der Waals surface area (Å²) < 4.78 is 37.8. The topological polar surface area (TPSA) is 84.9 Å². The highest BCUT2D eigenvalue weighted by Crippen LogP contribution is 2.27.